The van der Waals surface area contributed by atoms with Crippen LogP contribution in [0.15, 0.2) is 30.3 Å². The van der Waals surface area contributed by atoms with Crippen LogP contribution in [0.4, 0.5) is 0 Å². The number of nitrogens with zero attached hydrogens (tertiary/aromatic N) is 1. The first kappa shape index (κ1) is 17.7. The molecular weight excluding hydrogens is 312 g/mol. The Morgan fingerprint density at radius 2 is 1.92 bits per heavy atom. The Kier molecular flexibility index (Phi) is 5.92. The van der Waals surface area contributed by atoms with Gasteiger partial charge in [-0.25, -0.2) is 0 Å². The van der Waals surface area contributed by atoms with Crippen LogP contribution in [0.5, 0.6) is 0 Å². The first-order valence-corrected chi connectivity index (χ1v) is 9.28. The predicted molar refractivity (Wildman–Crippen MR) is 101 cm³/mol. The zero-order chi connectivity index (χ0) is 17.6. The number of hydrogen-bond acceptors (Lipinski definition) is 2. The van der Waals surface area contributed by atoms with Crippen LogP contribution in [0.25, 0.3) is 5.69 Å². The van der Waals surface area contributed by atoms with E-state index >= 15 is 0 Å². The summed E-state index contributed by atoms with van der Waals surface area (Å²) in [7, 11) is 1.67. The van der Waals surface area contributed by atoms with Crippen LogP contribution < -0.4 is 5.32 Å². The van der Waals surface area contributed by atoms with Crippen molar-refractivity contribution in [2.75, 3.05) is 20.3 Å². The second-order valence-electron chi connectivity index (χ2n) is 6.80. The number of aromatic nitrogens is 1. The van der Waals surface area contributed by atoms with Crippen molar-refractivity contribution in [2.24, 2.45) is 0 Å². The average Bonchev–Trinajstić information content (AvgIpc) is 2.78. The molecule has 4 nitrogen and oxygen atoms in total. The number of rotatable bonds is 6. The molecule has 1 aromatic carbocycles. The van der Waals surface area contributed by atoms with Crippen molar-refractivity contribution in [3.05, 3.63) is 52.8 Å². The Morgan fingerprint density at radius 3 is 2.68 bits per heavy atom. The highest BCUT2D eigenvalue weighted by Crippen LogP contribution is 2.27. The molecule has 2 aromatic rings. The molecule has 1 aliphatic rings. The second-order valence-corrected chi connectivity index (χ2v) is 6.80. The van der Waals surface area contributed by atoms with Gasteiger partial charge in [0.1, 0.15) is 0 Å². The van der Waals surface area contributed by atoms with Crippen molar-refractivity contribution in [1.82, 2.24) is 9.88 Å². The summed E-state index contributed by atoms with van der Waals surface area (Å²) in [5.41, 5.74) is 6.08. The lowest BCUT2D eigenvalue weighted by molar-refractivity contribution is 0.0948. The van der Waals surface area contributed by atoms with Crippen LogP contribution >= 0.6 is 0 Å². The van der Waals surface area contributed by atoms with Gasteiger partial charge in [-0.15, -0.1) is 0 Å². The molecule has 0 saturated heterocycles. The second kappa shape index (κ2) is 8.34. The van der Waals surface area contributed by atoms with Crippen molar-refractivity contribution >= 4 is 5.91 Å². The van der Waals surface area contributed by atoms with E-state index in [9.17, 15) is 4.79 Å². The molecule has 1 amide bonds. The third-order valence-corrected chi connectivity index (χ3v) is 4.93. The van der Waals surface area contributed by atoms with Gasteiger partial charge in [-0.3, -0.25) is 4.79 Å². The van der Waals surface area contributed by atoms with Crippen LogP contribution in [0.3, 0.4) is 0 Å². The number of ether oxygens (including phenoxy) is 1. The minimum Gasteiger partial charge on any atom is -0.385 e. The van der Waals surface area contributed by atoms with Gasteiger partial charge in [-0.2, -0.15) is 0 Å². The monoisotopic (exact) mass is 340 g/mol. The summed E-state index contributed by atoms with van der Waals surface area (Å²) in [6.07, 6.45) is 7.03. The van der Waals surface area contributed by atoms with Gasteiger partial charge >= 0.3 is 0 Å². The highest BCUT2D eigenvalue weighted by molar-refractivity contribution is 5.94. The van der Waals surface area contributed by atoms with Gasteiger partial charge in [0, 0.05) is 42.9 Å². The van der Waals surface area contributed by atoms with Gasteiger partial charge in [-0.1, -0.05) is 6.42 Å². The number of hydrogen-bond donors (Lipinski definition) is 1. The zero-order valence-electron chi connectivity index (χ0n) is 15.3. The molecule has 1 N–H and O–H groups in total. The maximum Gasteiger partial charge on any atom is 0.251 e. The molecule has 0 radical (unpaired) electrons. The van der Waals surface area contributed by atoms with Crippen LogP contribution in [-0.4, -0.2) is 30.7 Å². The number of carbonyl (C=O) groups excluding carboxylic acids is 1. The maximum atomic E-state index is 12.2. The largest absolute Gasteiger partial charge is 0.385 e. The molecule has 0 unspecified atom stereocenters. The number of carbonyl (C=O) groups is 1. The van der Waals surface area contributed by atoms with Crippen molar-refractivity contribution < 1.29 is 9.53 Å². The molecule has 25 heavy (non-hydrogen) atoms. The van der Waals surface area contributed by atoms with Gasteiger partial charge in [-0.05, 0) is 74.9 Å². The summed E-state index contributed by atoms with van der Waals surface area (Å²) >= 11 is 0. The smallest absolute Gasteiger partial charge is 0.251 e. The summed E-state index contributed by atoms with van der Waals surface area (Å²) in [6, 6.07) is 10.3. The van der Waals surface area contributed by atoms with E-state index in [1.807, 2.05) is 12.1 Å². The molecule has 0 spiro atoms. The Morgan fingerprint density at radius 1 is 1.16 bits per heavy atom. The standard InChI is InChI=1S/C21H28N2O2/c1-16-15-18-7-4-3-5-8-20(18)23(16)19-11-9-17(10-12-19)21(24)22-13-6-14-25-2/h9-12,15H,3-8,13-14H2,1-2H3,(H,22,24). The third-order valence-electron chi connectivity index (χ3n) is 4.93. The highest BCUT2D eigenvalue weighted by atomic mass is 16.5. The third kappa shape index (κ3) is 4.13. The fourth-order valence-electron chi connectivity index (χ4n) is 3.67. The molecule has 134 valence electrons. The van der Waals surface area contributed by atoms with Crippen molar-refractivity contribution in [1.29, 1.82) is 0 Å². The molecule has 0 bridgehead atoms. The van der Waals surface area contributed by atoms with E-state index in [4.69, 9.17) is 4.74 Å². The lowest BCUT2D eigenvalue weighted by Crippen LogP contribution is -2.25. The summed E-state index contributed by atoms with van der Waals surface area (Å²) in [4.78, 5) is 12.2. The Balaban J connectivity index is 1.75. The molecule has 1 aromatic heterocycles. The van der Waals surface area contributed by atoms with Gasteiger partial charge < -0.3 is 14.6 Å². The van der Waals surface area contributed by atoms with E-state index in [1.165, 1.54) is 42.6 Å². The Labute approximate surface area is 150 Å². The van der Waals surface area contributed by atoms with Gasteiger partial charge in [0.05, 0.1) is 0 Å². The van der Waals surface area contributed by atoms with Crippen LogP contribution in [0, 0.1) is 6.92 Å². The van der Waals surface area contributed by atoms with E-state index in [0.717, 1.165) is 18.5 Å². The van der Waals surface area contributed by atoms with Crippen molar-refractivity contribution in [2.45, 2.75) is 45.4 Å². The minimum atomic E-state index is -0.0225. The topological polar surface area (TPSA) is 43.3 Å². The Hall–Kier alpha value is -2.07. The predicted octanol–water partition coefficient (Wildman–Crippen LogP) is 3.82. The fourth-order valence-corrected chi connectivity index (χ4v) is 3.67. The van der Waals surface area contributed by atoms with Crippen molar-refractivity contribution in [3.63, 3.8) is 0 Å². The first-order chi connectivity index (χ1) is 12.2. The summed E-state index contributed by atoms with van der Waals surface area (Å²) in [5.74, 6) is -0.0225. The summed E-state index contributed by atoms with van der Waals surface area (Å²) in [5, 5.41) is 2.93. The molecule has 1 aliphatic carbocycles. The van der Waals surface area contributed by atoms with Gasteiger partial charge in [0.15, 0.2) is 0 Å². The fraction of sp³-hybridized carbons (Fsp3) is 0.476. The quantitative estimate of drug-likeness (QED) is 0.642. The molecule has 0 atom stereocenters. The van der Waals surface area contributed by atoms with Gasteiger partial charge in [0.2, 0.25) is 0 Å². The van der Waals surface area contributed by atoms with Gasteiger partial charge in [0.25, 0.3) is 5.91 Å². The maximum absolute atomic E-state index is 12.2. The minimum absolute atomic E-state index is 0.0225. The van der Waals surface area contributed by atoms with E-state index in [-0.39, 0.29) is 5.91 Å². The number of fused-ring (bicyclic) bond motifs is 1. The molecule has 1 heterocycles. The number of benzene rings is 1. The molecule has 3 rings (SSSR count). The van der Waals surface area contributed by atoms with Crippen molar-refractivity contribution in [3.8, 4) is 5.69 Å². The molecule has 0 aliphatic heterocycles. The molecule has 4 heteroatoms. The van der Waals surface area contributed by atoms with E-state index in [2.05, 4.69) is 35.0 Å². The number of methoxy groups -OCH3 is 1. The lowest BCUT2D eigenvalue weighted by atomic mass is 10.1. The normalized spacial score (nSPS) is 14.0. The number of aryl methyl sites for hydroxylation is 2. The first-order valence-electron chi connectivity index (χ1n) is 9.28. The SMILES string of the molecule is COCCCNC(=O)c1ccc(-n2c(C)cc3c2CCCCC3)cc1. The van der Waals surface area contributed by atoms with Crippen LogP contribution in [-0.2, 0) is 17.6 Å². The molecule has 0 saturated carbocycles. The summed E-state index contributed by atoms with van der Waals surface area (Å²) < 4.78 is 7.36. The van der Waals surface area contributed by atoms with E-state index < -0.39 is 0 Å². The highest BCUT2D eigenvalue weighted by Gasteiger charge is 2.16. The van der Waals surface area contributed by atoms with E-state index in [0.29, 0.717) is 18.7 Å². The number of amides is 1. The van der Waals surface area contributed by atoms with Crippen LogP contribution in [0.2, 0.25) is 0 Å². The number of nitrogens with one attached hydrogen (secondary N) is 1. The lowest BCUT2D eigenvalue weighted by Gasteiger charge is -2.13. The molecular formula is C21H28N2O2. The zero-order valence-corrected chi connectivity index (χ0v) is 15.3. The average molecular weight is 340 g/mol. The molecule has 0 fully saturated rings. The van der Waals surface area contributed by atoms with Crippen LogP contribution in [0.1, 0.15) is 53.0 Å². The Bertz CT molecular complexity index is 716. The van der Waals surface area contributed by atoms with E-state index in [1.54, 1.807) is 7.11 Å². The summed E-state index contributed by atoms with van der Waals surface area (Å²) in [6.45, 7) is 3.47.